The molecule has 0 radical (unpaired) electrons. The zero-order valence-electron chi connectivity index (χ0n) is 43.7. The molecule has 7 rings (SSSR count). The van der Waals surface area contributed by atoms with E-state index in [4.69, 9.17) is 39.8 Å². The number of thiocarbonyl (C=S) groups is 1. The van der Waals surface area contributed by atoms with Crippen LogP contribution < -0.4 is 37.3 Å². The van der Waals surface area contributed by atoms with E-state index in [1.807, 2.05) is 6.07 Å². The molecular formula is C56H63Cl2N9O10S. The fraction of sp³-hybridized carbons (Fsp3) is 0.321. The number of benzene rings is 5. The number of carboxylic acid groups (broad SMARTS) is 1. The van der Waals surface area contributed by atoms with Gasteiger partial charge in [-0.3, -0.25) is 28.8 Å². The van der Waals surface area contributed by atoms with Crippen molar-refractivity contribution >= 4 is 98.4 Å². The summed E-state index contributed by atoms with van der Waals surface area (Å²) in [5.74, 6) is -3.76. The Morgan fingerprint density at radius 3 is 1.96 bits per heavy atom. The van der Waals surface area contributed by atoms with E-state index in [1.165, 1.54) is 56.0 Å². The third-order valence-electron chi connectivity index (χ3n) is 12.9. The molecule has 1 fully saturated rings. The van der Waals surface area contributed by atoms with E-state index < -0.39 is 49.2 Å². The molecule has 0 aromatic heterocycles. The summed E-state index contributed by atoms with van der Waals surface area (Å²) in [5.41, 5.74) is 3.30. The minimum Gasteiger partial charge on any atom is -0.508 e. The number of likely N-dealkylation sites (N-methyl/N-ethyl adjacent to an activating group) is 1. The van der Waals surface area contributed by atoms with Crippen LogP contribution in [0.25, 0.3) is 33.4 Å². The van der Waals surface area contributed by atoms with Crippen LogP contribution in [-0.4, -0.2) is 138 Å². The van der Waals surface area contributed by atoms with Crippen LogP contribution in [0.1, 0.15) is 61.1 Å². The SMILES string of the molecule is CCN(CC)CC.CN(C(=O)Cc1ccc(Cl)c(Cl)c1)[C@H](CN1CCCC1)c1cccc(NC(=O)CNC(=O)CNC(=O)CNC(=O)CNC(=S)Nc2ccc(-c3c4ccc(=O)cc-4oc4cc(O)ccc34)c(C(=O)O)c2)c1. The monoisotopic (exact) mass is 1120 g/mol. The summed E-state index contributed by atoms with van der Waals surface area (Å²) in [6.07, 6.45) is 2.25. The van der Waals surface area contributed by atoms with E-state index in [1.54, 1.807) is 66.5 Å². The Balaban J connectivity index is 0.00000131. The standard InChI is InChI=1S/C50H48Cl2N8O10S.C6H15N/c1-59(47(67)18-28-7-14-38(51)39(52)17-28)40(27-60-15-2-3-16-60)29-5-4-6-30(19-29)57-46(66)26-55-44(64)24-53-43(63)23-54-45(65)25-56-50(71)58-31-8-11-34(37(20-31)49(68)69)48-35-12-9-32(61)21-41(35)70-42-22-33(62)10-13-36(42)48;1-4-7(5-2)6-3/h4-14,17,19-22,40,61H,2-3,15-16,18,23-27H2,1H3,(H,53,63)(H,54,65)(H,55,64)(H,57,66)(H,68,69)(H2,56,58,71);4-6H2,1-3H3/t40-;/m1./s1. The zero-order chi connectivity index (χ0) is 56.5. The second-order valence-electron chi connectivity index (χ2n) is 18.3. The number of anilines is 2. The lowest BCUT2D eigenvalue weighted by atomic mass is 9.90. The topological polar surface area (TPSA) is 255 Å². The smallest absolute Gasteiger partial charge is 0.336 e. The number of aromatic hydroxyl groups is 1. The molecule has 0 saturated carbocycles. The highest BCUT2D eigenvalue weighted by Gasteiger charge is 2.27. The normalized spacial score (nSPS) is 12.5. The van der Waals surface area contributed by atoms with Crippen LogP contribution in [-0.2, 0) is 30.4 Å². The number of halogens is 2. The van der Waals surface area contributed by atoms with Crippen molar-refractivity contribution in [2.75, 3.05) is 83.1 Å². The molecule has 1 aliphatic carbocycles. The Morgan fingerprint density at radius 1 is 0.705 bits per heavy atom. The molecular weight excluding hydrogens is 1060 g/mol. The third kappa shape index (κ3) is 16.9. The first kappa shape index (κ1) is 59.6. The molecule has 1 atom stereocenters. The molecule has 4 aromatic carbocycles. The van der Waals surface area contributed by atoms with Gasteiger partial charge < -0.3 is 61.2 Å². The van der Waals surface area contributed by atoms with Crippen molar-refractivity contribution < 1.29 is 43.4 Å². The maximum absolute atomic E-state index is 13.5. The van der Waals surface area contributed by atoms with Gasteiger partial charge in [0.15, 0.2) is 10.5 Å². The molecule has 0 unspecified atom stereocenters. The second kappa shape index (κ2) is 28.7. The van der Waals surface area contributed by atoms with Gasteiger partial charge in [0.25, 0.3) is 0 Å². The Hall–Kier alpha value is -7.62. The molecule has 22 heteroatoms. The summed E-state index contributed by atoms with van der Waals surface area (Å²) in [6, 6.07) is 25.0. The van der Waals surface area contributed by atoms with E-state index in [2.05, 4.69) is 62.5 Å². The van der Waals surface area contributed by atoms with E-state index in [0.717, 1.165) is 37.1 Å². The highest BCUT2D eigenvalue weighted by molar-refractivity contribution is 7.80. The highest BCUT2D eigenvalue weighted by atomic mass is 35.5. The van der Waals surface area contributed by atoms with Gasteiger partial charge in [-0.15, -0.1) is 0 Å². The highest BCUT2D eigenvalue weighted by Crippen LogP contribution is 2.42. The Kier molecular flexibility index (Phi) is 21.9. The lowest BCUT2D eigenvalue weighted by Gasteiger charge is -2.32. The van der Waals surface area contributed by atoms with Crippen LogP contribution in [0.5, 0.6) is 5.75 Å². The summed E-state index contributed by atoms with van der Waals surface area (Å²) in [5, 5.41) is 37.1. The van der Waals surface area contributed by atoms with E-state index >= 15 is 0 Å². The predicted molar refractivity (Wildman–Crippen MR) is 306 cm³/mol. The molecule has 2 heterocycles. The molecule has 5 amide bonds. The molecule has 2 aliphatic heterocycles. The molecule has 3 aliphatic rings. The Bertz CT molecular complexity index is 3180. The van der Waals surface area contributed by atoms with Gasteiger partial charge in [0.05, 0.1) is 54.3 Å². The van der Waals surface area contributed by atoms with Gasteiger partial charge in [0, 0.05) is 53.6 Å². The summed E-state index contributed by atoms with van der Waals surface area (Å²) in [6.45, 7) is 10.8. The molecule has 0 bridgehead atoms. The number of amides is 5. The zero-order valence-corrected chi connectivity index (χ0v) is 46.0. The second-order valence-corrected chi connectivity index (χ2v) is 19.5. The molecule has 0 spiro atoms. The molecule has 19 nitrogen and oxygen atoms in total. The van der Waals surface area contributed by atoms with Crippen LogP contribution in [0.3, 0.4) is 0 Å². The molecule has 412 valence electrons. The van der Waals surface area contributed by atoms with Crippen molar-refractivity contribution in [3.05, 3.63) is 134 Å². The average Bonchev–Trinajstić information content (AvgIpc) is 4.04. The maximum Gasteiger partial charge on any atom is 0.336 e. The lowest BCUT2D eigenvalue weighted by molar-refractivity contribution is -0.131. The van der Waals surface area contributed by atoms with Crippen LogP contribution in [0.4, 0.5) is 11.4 Å². The number of carboxylic acids is 1. The number of nitrogens with zero attached hydrogens (tertiary/aromatic N) is 3. The fourth-order valence-electron chi connectivity index (χ4n) is 8.71. The maximum atomic E-state index is 13.5. The minimum absolute atomic E-state index is 0.0339. The molecule has 1 saturated heterocycles. The van der Waals surface area contributed by atoms with E-state index in [9.17, 15) is 43.8 Å². The van der Waals surface area contributed by atoms with E-state index in [0.29, 0.717) is 44.4 Å². The van der Waals surface area contributed by atoms with Crippen LogP contribution >= 0.6 is 35.4 Å². The van der Waals surface area contributed by atoms with Crippen molar-refractivity contribution in [2.45, 2.75) is 46.1 Å². The van der Waals surface area contributed by atoms with Gasteiger partial charge in [-0.25, -0.2) is 4.79 Å². The van der Waals surface area contributed by atoms with Crippen molar-refractivity contribution in [3.8, 4) is 28.2 Å². The number of hydrogen-bond acceptors (Lipinski definition) is 12. The van der Waals surface area contributed by atoms with Crippen LogP contribution in [0, 0.1) is 0 Å². The van der Waals surface area contributed by atoms with Crippen LogP contribution in [0.15, 0.2) is 106 Å². The number of hydrogen-bond donors (Lipinski definition) is 8. The van der Waals surface area contributed by atoms with E-state index in [-0.39, 0.29) is 63.8 Å². The van der Waals surface area contributed by atoms with Gasteiger partial charge in [-0.1, -0.05) is 68.2 Å². The number of phenolic OH excluding ortho intramolecular Hbond substituents is 1. The first-order valence-electron chi connectivity index (χ1n) is 25.3. The number of carbonyl (C=O) groups excluding carboxylic acids is 5. The van der Waals surface area contributed by atoms with Crippen LogP contribution in [0.2, 0.25) is 10.0 Å². The quantitative estimate of drug-likeness (QED) is 0.0275. The van der Waals surface area contributed by atoms with Gasteiger partial charge in [0.1, 0.15) is 17.1 Å². The van der Waals surface area contributed by atoms with Gasteiger partial charge in [-0.05, 0) is 135 Å². The minimum atomic E-state index is -1.27. The number of likely N-dealkylation sites (tertiary alicyclic amines) is 1. The summed E-state index contributed by atoms with van der Waals surface area (Å²) < 4.78 is 5.88. The van der Waals surface area contributed by atoms with Gasteiger partial charge >= 0.3 is 5.97 Å². The first-order valence-corrected chi connectivity index (χ1v) is 26.5. The number of carbonyl (C=O) groups is 6. The van der Waals surface area contributed by atoms with Crippen molar-refractivity contribution in [3.63, 3.8) is 0 Å². The number of aromatic carboxylic acids is 1. The molecule has 4 aromatic rings. The Morgan fingerprint density at radius 2 is 1.33 bits per heavy atom. The van der Waals surface area contributed by atoms with Crippen molar-refractivity contribution in [1.82, 2.24) is 36.0 Å². The number of nitrogens with one attached hydrogen (secondary N) is 6. The lowest BCUT2D eigenvalue weighted by Crippen LogP contribution is -2.45. The number of phenols is 1. The van der Waals surface area contributed by atoms with Gasteiger partial charge in [-0.2, -0.15) is 0 Å². The third-order valence-corrected chi connectivity index (χ3v) is 13.9. The Labute approximate surface area is 467 Å². The number of rotatable bonds is 21. The van der Waals surface area contributed by atoms with Gasteiger partial charge in [0.2, 0.25) is 29.5 Å². The molecule has 78 heavy (non-hydrogen) atoms. The average molecular weight is 1130 g/mol. The largest absolute Gasteiger partial charge is 0.508 e. The first-order chi connectivity index (χ1) is 37.3. The number of fused-ring (bicyclic) bond motifs is 2. The molecule has 8 N–H and O–H groups in total. The predicted octanol–water partition coefficient (Wildman–Crippen LogP) is 6.74. The van der Waals surface area contributed by atoms with Crippen molar-refractivity contribution in [1.29, 1.82) is 0 Å². The fourth-order valence-corrected chi connectivity index (χ4v) is 9.22. The summed E-state index contributed by atoms with van der Waals surface area (Å²) in [7, 11) is 1.75. The van der Waals surface area contributed by atoms with Crippen molar-refractivity contribution in [2.24, 2.45) is 0 Å². The summed E-state index contributed by atoms with van der Waals surface area (Å²) >= 11 is 17.6. The summed E-state index contributed by atoms with van der Waals surface area (Å²) in [4.78, 5) is 95.0.